The first-order chi connectivity index (χ1) is 20.8. The lowest BCUT2D eigenvalue weighted by Crippen LogP contribution is -2.09. The van der Waals surface area contributed by atoms with Gasteiger partial charge < -0.3 is 4.90 Å². The van der Waals surface area contributed by atoms with E-state index in [2.05, 4.69) is 169 Å². The summed E-state index contributed by atoms with van der Waals surface area (Å²) in [5.74, 6) is 0. The number of fused-ring (bicyclic) bond motifs is 4. The smallest absolute Gasteiger partial charge is 0.0468 e. The molecule has 1 aromatic heterocycles. The molecule has 0 atom stereocenters. The van der Waals surface area contributed by atoms with E-state index in [1.807, 2.05) is 11.3 Å². The molecule has 0 saturated carbocycles. The zero-order chi connectivity index (χ0) is 27.9. The molecular weight excluding hydrogens is 527 g/mol. The standard InChI is InChI=1S/C40H27NS/c1-3-11-28(12-4-1)35-15-7-8-16-36(35)29-19-22-33(23-20-29)41(32-13-5-2-6-14-32)34-24-21-30-27-40-38(26-31(30)25-34)37-17-9-10-18-39(37)42-40/h1-27H. The molecular formula is C40H27NS. The number of hydrogen-bond acceptors (Lipinski definition) is 2. The molecule has 1 nitrogen and oxygen atoms in total. The quantitative estimate of drug-likeness (QED) is 0.205. The first-order valence-corrected chi connectivity index (χ1v) is 15.1. The summed E-state index contributed by atoms with van der Waals surface area (Å²) in [6.07, 6.45) is 0. The minimum Gasteiger partial charge on any atom is -0.310 e. The molecule has 0 aliphatic rings. The molecule has 0 unspecified atom stereocenters. The van der Waals surface area contributed by atoms with Gasteiger partial charge in [-0.1, -0.05) is 109 Å². The molecule has 0 radical (unpaired) electrons. The fourth-order valence-electron chi connectivity index (χ4n) is 6.01. The summed E-state index contributed by atoms with van der Waals surface area (Å²) in [6.45, 7) is 0. The summed E-state index contributed by atoms with van der Waals surface area (Å²) < 4.78 is 2.67. The maximum Gasteiger partial charge on any atom is 0.0468 e. The zero-order valence-corrected chi connectivity index (χ0v) is 23.8. The van der Waals surface area contributed by atoms with Crippen molar-refractivity contribution in [3.63, 3.8) is 0 Å². The highest BCUT2D eigenvalue weighted by molar-refractivity contribution is 7.25. The van der Waals surface area contributed by atoms with Crippen molar-refractivity contribution in [3.8, 4) is 22.3 Å². The molecule has 0 fully saturated rings. The van der Waals surface area contributed by atoms with Crippen molar-refractivity contribution < 1.29 is 0 Å². The molecule has 0 N–H and O–H groups in total. The van der Waals surface area contributed by atoms with E-state index in [4.69, 9.17) is 0 Å². The highest BCUT2D eigenvalue weighted by atomic mass is 32.1. The van der Waals surface area contributed by atoms with Crippen LogP contribution in [0, 0.1) is 0 Å². The maximum absolute atomic E-state index is 2.36. The van der Waals surface area contributed by atoms with E-state index < -0.39 is 0 Å². The van der Waals surface area contributed by atoms with Crippen LogP contribution in [0.3, 0.4) is 0 Å². The van der Waals surface area contributed by atoms with Crippen molar-refractivity contribution in [1.29, 1.82) is 0 Å². The molecule has 0 bridgehead atoms. The van der Waals surface area contributed by atoms with E-state index in [1.165, 1.54) is 53.2 Å². The highest BCUT2D eigenvalue weighted by Crippen LogP contribution is 2.41. The van der Waals surface area contributed by atoms with Gasteiger partial charge in [0, 0.05) is 37.2 Å². The fraction of sp³-hybridized carbons (Fsp3) is 0. The van der Waals surface area contributed by atoms with Gasteiger partial charge in [0.15, 0.2) is 0 Å². The van der Waals surface area contributed by atoms with Gasteiger partial charge in [-0.15, -0.1) is 11.3 Å². The Balaban J connectivity index is 1.24. The van der Waals surface area contributed by atoms with Gasteiger partial charge in [-0.25, -0.2) is 0 Å². The van der Waals surface area contributed by atoms with E-state index in [-0.39, 0.29) is 0 Å². The zero-order valence-electron chi connectivity index (χ0n) is 22.9. The third-order valence-electron chi connectivity index (χ3n) is 8.04. The number of rotatable bonds is 5. The van der Waals surface area contributed by atoms with Gasteiger partial charge in [0.1, 0.15) is 0 Å². The van der Waals surface area contributed by atoms with Crippen LogP contribution in [-0.2, 0) is 0 Å². The third-order valence-corrected chi connectivity index (χ3v) is 9.17. The summed E-state index contributed by atoms with van der Waals surface area (Å²) in [7, 11) is 0. The molecule has 1 heterocycles. The molecule has 0 aliphatic carbocycles. The Morgan fingerprint density at radius 1 is 0.357 bits per heavy atom. The van der Waals surface area contributed by atoms with Crippen LogP contribution in [0.2, 0.25) is 0 Å². The first kappa shape index (κ1) is 24.6. The Morgan fingerprint density at radius 2 is 0.952 bits per heavy atom. The predicted molar refractivity (Wildman–Crippen MR) is 182 cm³/mol. The van der Waals surface area contributed by atoms with Gasteiger partial charge in [0.05, 0.1) is 0 Å². The fourth-order valence-corrected chi connectivity index (χ4v) is 7.15. The van der Waals surface area contributed by atoms with E-state index in [9.17, 15) is 0 Å². The first-order valence-electron chi connectivity index (χ1n) is 14.3. The summed E-state index contributed by atoms with van der Waals surface area (Å²) in [6, 6.07) is 59.1. The van der Waals surface area contributed by atoms with E-state index in [1.54, 1.807) is 0 Å². The summed E-state index contributed by atoms with van der Waals surface area (Å²) >= 11 is 1.87. The van der Waals surface area contributed by atoms with Crippen molar-refractivity contribution in [2.24, 2.45) is 0 Å². The minimum absolute atomic E-state index is 1.13. The number of para-hydroxylation sites is 1. The van der Waals surface area contributed by atoms with Crippen molar-refractivity contribution in [3.05, 3.63) is 164 Å². The van der Waals surface area contributed by atoms with Crippen LogP contribution in [0.4, 0.5) is 17.1 Å². The lowest BCUT2D eigenvalue weighted by Gasteiger charge is -2.26. The summed E-state index contributed by atoms with van der Waals surface area (Å²) in [5, 5.41) is 5.17. The molecule has 42 heavy (non-hydrogen) atoms. The Morgan fingerprint density at radius 3 is 1.71 bits per heavy atom. The Labute approximate surface area is 249 Å². The number of thiophene rings is 1. The number of benzene rings is 7. The van der Waals surface area contributed by atoms with Crippen molar-refractivity contribution in [2.75, 3.05) is 4.90 Å². The lowest BCUT2D eigenvalue weighted by atomic mass is 9.94. The van der Waals surface area contributed by atoms with Crippen LogP contribution in [0.25, 0.3) is 53.2 Å². The Bertz CT molecular complexity index is 2180. The highest BCUT2D eigenvalue weighted by Gasteiger charge is 2.15. The van der Waals surface area contributed by atoms with E-state index >= 15 is 0 Å². The molecule has 0 amide bonds. The van der Waals surface area contributed by atoms with Crippen molar-refractivity contribution in [1.82, 2.24) is 0 Å². The molecule has 7 aromatic carbocycles. The number of nitrogens with zero attached hydrogens (tertiary/aromatic N) is 1. The van der Waals surface area contributed by atoms with Gasteiger partial charge >= 0.3 is 0 Å². The van der Waals surface area contributed by atoms with Gasteiger partial charge in [-0.05, 0) is 87.6 Å². The third kappa shape index (κ3) is 4.34. The van der Waals surface area contributed by atoms with Crippen LogP contribution in [-0.4, -0.2) is 0 Å². The van der Waals surface area contributed by atoms with Crippen LogP contribution in [0.5, 0.6) is 0 Å². The van der Waals surface area contributed by atoms with Crippen LogP contribution < -0.4 is 4.90 Å². The maximum atomic E-state index is 2.36. The molecule has 0 spiro atoms. The largest absolute Gasteiger partial charge is 0.310 e. The topological polar surface area (TPSA) is 3.24 Å². The van der Waals surface area contributed by atoms with Gasteiger partial charge in [-0.3, -0.25) is 0 Å². The molecule has 0 aliphatic heterocycles. The second kappa shape index (κ2) is 10.3. The summed E-state index contributed by atoms with van der Waals surface area (Å²) in [4.78, 5) is 2.35. The second-order valence-electron chi connectivity index (χ2n) is 10.6. The van der Waals surface area contributed by atoms with E-state index in [0.29, 0.717) is 0 Å². The van der Waals surface area contributed by atoms with Gasteiger partial charge in [0.25, 0.3) is 0 Å². The number of anilines is 3. The molecule has 0 saturated heterocycles. The average Bonchev–Trinajstić information content (AvgIpc) is 3.42. The molecule has 2 heteroatoms. The van der Waals surface area contributed by atoms with Gasteiger partial charge in [-0.2, -0.15) is 0 Å². The number of hydrogen-bond donors (Lipinski definition) is 0. The minimum atomic E-state index is 1.13. The monoisotopic (exact) mass is 553 g/mol. The van der Waals surface area contributed by atoms with Crippen molar-refractivity contribution >= 4 is 59.3 Å². The normalized spacial score (nSPS) is 11.3. The Kier molecular flexibility index (Phi) is 6.05. The van der Waals surface area contributed by atoms with Crippen LogP contribution in [0.1, 0.15) is 0 Å². The molecule has 198 valence electrons. The lowest BCUT2D eigenvalue weighted by molar-refractivity contribution is 1.29. The average molecular weight is 554 g/mol. The van der Waals surface area contributed by atoms with Gasteiger partial charge in [0.2, 0.25) is 0 Å². The SMILES string of the molecule is c1ccc(-c2ccccc2-c2ccc(N(c3ccccc3)c3ccc4cc5sc6ccccc6c5cc4c3)cc2)cc1. The van der Waals surface area contributed by atoms with Crippen LogP contribution >= 0.6 is 11.3 Å². The molecule has 8 rings (SSSR count). The predicted octanol–water partition coefficient (Wildman–Crippen LogP) is 12.0. The van der Waals surface area contributed by atoms with Crippen molar-refractivity contribution in [2.45, 2.75) is 0 Å². The van der Waals surface area contributed by atoms with Crippen LogP contribution in [0.15, 0.2) is 164 Å². The Hall–Kier alpha value is -5.18. The second-order valence-corrected chi connectivity index (χ2v) is 11.7. The summed E-state index contributed by atoms with van der Waals surface area (Å²) in [5.41, 5.74) is 8.32. The van der Waals surface area contributed by atoms with E-state index in [0.717, 1.165) is 17.1 Å². The molecule has 8 aromatic rings.